The van der Waals surface area contributed by atoms with Crippen molar-refractivity contribution in [3.05, 3.63) is 36.5 Å². The van der Waals surface area contributed by atoms with E-state index in [1.807, 2.05) is 27.2 Å². The third-order valence-corrected chi connectivity index (χ3v) is 5.83. The Bertz CT molecular complexity index is 673. The van der Waals surface area contributed by atoms with Gasteiger partial charge >= 0.3 is 0 Å². The third-order valence-electron chi connectivity index (χ3n) is 4.87. The van der Waals surface area contributed by atoms with Gasteiger partial charge in [0.2, 0.25) is 5.91 Å². The molecule has 0 heterocycles. The number of carbonyl (C=O) groups is 1. The molecule has 3 unspecified atom stereocenters. The van der Waals surface area contributed by atoms with Crippen LogP contribution < -0.4 is 10.2 Å². The Morgan fingerprint density at radius 2 is 1.56 bits per heavy atom. The summed E-state index contributed by atoms with van der Waals surface area (Å²) < 4.78 is 22.3. The predicted octanol–water partition coefficient (Wildman–Crippen LogP) is 3.87. The summed E-state index contributed by atoms with van der Waals surface area (Å²) in [5.41, 5.74) is 0. The summed E-state index contributed by atoms with van der Waals surface area (Å²) in [6.45, 7) is 3.56. The van der Waals surface area contributed by atoms with E-state index in [0.29, 0.717) is 11.0 Å². The molecule has 3 atom stereocenters. The van der Waals surface area contributed by atoms with E-state index in [1.165, 1.54) is 26.2 Å². The van der Waals surface area contributed by atoms with Crippen LogP contribution in [-0.2, 0) is 18.4 Å². The Labute approximate surface area is 206 Å². The lowest BCUT2D eigenvalue weighted by atomic mass is 10.1. The molecule has 2 N–H and O–H groups in total. The molecule has 0 aromatic carbocycles. The number of hydrogen-bond donors (Lipinski definition) is 2. The molecule has 8 nitrogen and oxygen atoms in total. The van der Waals surface area contributed by atoms with E-state index in [0.717, 1.165) is 32.1 Å². The van der Waals surface area contributed by atoms with Crippen LogP contribution >= 0.6 is 7.82 Å². The predicted molar refractivity (Wildman–Crippen MR) is 136 cm³/mol. The Morgan fingerprint density at radius 1 is 1.00 bits per heavy atom. The summed E-state index contributed by atoms with van der Waals surface area (Å²) >= 11 is 0. The second kappa shape index (κ2) is 19.0. The first-order valence-electron chi connectivity index (χ1n) is 12.3. The van der Waals surface area contributed by atoms with Gasteiger partial charge in [0.25, 0.3) is 7.82 Å². The number of quaternary nitrogens is 1. The number of phosphoric acid groups is 1. The van der Waals surface area contributed by atoms with E-state index in [1.54, 1.807) is 6.08 Å². The monoisotopic (exact) mass is 502 g/mol. The van der Waals surface area contributed by atoms with E-state index in [9.17, 15) is 19.4 Å². The first-order chi connectivity index (χ1) is 16.0. The second-order valence-electron chi connectivity index (χ2n) is 9.41. The fourth-order valence-corrected chi connectivity index (χ4v) is 3.58. The first kappa shape index (κ1) is 32.7. The maximum absolute atomic E-state index is 12.0. The average Bonchev–Trinajstić information content (AvgIpc) is 2.73. The van der Waals surface area contributed by atoms with Crippen molar-refractivity contribution >= 4 is 13.7 Å². The first-order valence-corrected chi connectivity index (χ1v) is 13.8. The molecule has 0 radical (unpaired) electrons. The highest BCUT2D eigenvalue weighted by Crippen LogP contribution is 2.38. The molecule has 9 heteroatoms. The van der Waals surface area contributed by atoms with Gasteiger partial charge in [-0.2, -0.15) is 0 Å². The number of nitrogens with one attached hydrogen (secondary N) is 1. The summed E-state index contributed by atoms with van der Waals surface area (Å²) in [6, 6.07) is -0.905. The minimum absolute atomic E-state index is 0.0136. The van der Waals surface area contributed by atoms with Crippen molar-refractivity contribution in [1.82, 2.24) is 5.32 Å². The van der Waals surface area contributed by atoms with Crippen LogP contribution in [-0.4, -0.2) is 68.5 Å². The Hall–Kier alpha value is -1.28. The number of unbranched alkanes of at least 4 members (excludes halogenated alkanes) is 5. The standard InChI is InChI=1S/C25H47N2O6P/c1-6-7-8-9-10-11-12-13-14-15-16-17-18-19-25(29)24(26-23(2)28)22-33-34(30,31)32-21-20-27(3,4)5/h10-11,14-15,18-19,24-25,29H,6-9,12-13,16-17,20-22H2,1-5H3,(H-,26,28,30,31)/b11-10+,15-14+,19-18+. The smallest absolute Gasteiger partial charge is 0.268 e. The third kappa shape index (κ3) is 21.3. The van der Waals surface area contributed by atoms with Crippen LogP contribution in [0.3, 0.4) is 0 Å². The van der Waals surface area contributed by atoms with E-state index in [-0.39, 0.29) is 6.61 Å². The van der Waals surface area contributed by atoms with Crippen molar-refractivity contribution in [2.75, 3.05) is 40.9 Å². The molecular formula is C25H47N2O6P. The number of allylic oxidation sites excluding steroid dienone is 5. The number of rotatable bonds is 20. The van der Waals surface area contributed by atoms with Crippen molar-refractivity contribution in [2.45, 2.75) is 77.4 Å². The topological polar surface area (TPSA) is 108 Å². The molecule has 0 aromatic rings. The molecular weight excluding hydrogens is 455 g/mol. The molecule has 0 aliphatic heterocycles. The molecule has 0 aromatic heterocycles. The van der Waals surface area contributed by atoms with Crippen LogP contribution in [0.5, 0.6) is 0 Å². The quantitative estimate of drug-likeness (QED) is 0.113. The van der Waals surface area contributed by atoms with Gasteiger partial charge in [-0.25, -0.2) is 0 Å². The number of aliphatic hydroxyl groups is 1. The molecule has 0 aliphatic rings. The maximum atomic E-state index is 12.0. The van der Waals surface area contributed by atoms with Gasteiger partial charge in [-0.3, -0.25) is 9.36 Å². The van der Waals surface area contributed by atoms with Gasteiger partial charge in [-0.15, -0.1) is 0 Å². The summed E-state index contributed by atoms with van der Waals surface area (Å²) in [5, 5.41) is 12.9. The lowest BCUT2D eigenvalue weighted by Crippen LogP contribution is -2.45. The molecule has 0 rings (SSSR count). The number of carbonyl (C=O) groups excluding carboxylic acids is 1. The van der Waals surface area contributed by atoms with Gasteiger partial charge in [0.15, 0.2) is 0 Å². The average molecular weight is 503 g/mol. The normalized spacial score (nSPS) is 16.3. The number of phosphoric ester groups is 1. The largest absolute Gasteiger partial charge is 0.756 e. The van der Waals surface area contributed by atoms with Gasteiger partial charge < -0.3 is 28.8 Å². The van der Waals surface area contributed by atoms with Gasteiger partial charge in [0, 0.05) is 6.92 Å². The zero-order chi connectivity index (χ0) is 25.9. The molecule has 0 spiro atoms. The number of amides is 1. The van der Waals surface area contributed by atoms with Crippen molar-refractivity contribution in [1.29, 1.82) is 0 Å². The molecule has 0 fully saturated rings. The summed E-state index contributed by atoms with van der Waals surface area (Å²) in [5.74, 6) is -0.393. The van der Waals surface area contributed by atoms with Crippen LogP contribution in [0.2, 0.25) is 0 Å². The van der Waals surface area contributed by atoms with Gasteiger partial charge in [0.05, 0.1) is 39.9 Å². The number of nitrogens with zero attached hydrogens (tertiary/aromatic N) is 1. The fourth-order valence-electron chi connectivity index (χ4n) is 2.86. The summed E-state index contributed by atoms with van der Waals surface area (Å²) in [6.07, 6.45) is 19.6. The van der Waals surface area contributed by atoms with E-state index >= 15 is 0 Å². The van der Waals surface area contributed by atoms with E-state index in [4.69, 9.17) is 9.05 Å². The minimum Gasteiger partial charge on any atom is -0.756 e. The van der Waals surface area contributed by atoms with E-state index < -0.39 is 32.5 Å². The van der Waals surface area contributed by atoms with Gasteiger partial charge in [0.1, 0.15) is 13.2 Å². The van der Waals surface area contributed by atoms with Crippen LogP contribution in [0.4, 0.5) is 0 Å². The Balaban J connectivity index is 4.34. The lowest BCUT2D eigenvalue weighted by Gasteiger charge is -2.29. The molecule has 0 saturated heterocycles. The number of aliphatic hydroxyl groups excluding tert-OH is 1. The van der Waals surface area contributed by atoms with Crippen LogP contribution in [0.1, 0.15) is 65.2 Å². The molecule has 0 aliphatic carbocycles. The van der Waals surface area contributed by atoms with Gasteiger partial charge in [-0.05, 0) is 38.5 Å². The minimum atomic E-state index is -4.54. The molecule has 198 valence electrons. The molecule has 0 saturated carbocycles. The summed E-state index contributed by atoms with van der Waals surface area (Å²) in [7, 11) is 1.21. The van der Waals surface area contributed by atoms with Crippen LogP contribution in [0.15, 0.2) is 36.5 Å². The molecule has 0 bridgehead atoms. The van der Waals surface area contributed by atoms with Crippen molar-refractivity contribution in [3.8, 4) is 0 Å². The maximum Gasteiger partial charge on any atom is 0.268 e. The van der Waals surface area contributed by atoms with Crippen molar-refractivity contribution in [3.63, 3.8) is 0 Å². The van der Waals surface area contributed by atoms with Crippen LogP contribution in [0, 0.1) is 0 Å². The van der Waals surface area contributed by atoms with Gasteiger partial charge in [-0.1, -0.05) is 56.2 Å². The fraction of sp³-hybridized carbons (Fsp3) is 0.720. The number of likely N-dealkylation sites (N-methyl/N-ethyl adjacent to an activating group) is 1. The zero-order valence-corrected chi connectivity index (χ0v) is 22.7. The Morgan fingerprint density at radius 3 is 2.09 bits per heavy atom. The number of hydrogen-bond acceptors (Lipinski definition) is 6. The Kier molecular flexibility index (Phi) is 18.3. The van der Waals surface area contributed by atoms with E-state index in [2.05, 4.69) is 36.5 Å². The molecule has 34 heavy (non-hydrogen) atoms. The van der Waals surface area contributed by atoms with Crippen LogP contribution in [0.25, 0.3) is 0 Å². The zero-order valence-electron chi connectivity index (χ0n) is 21.8. The highest BCUT2D eigenvalue weighted by Gasteiger charge is 2.22. The molecule has 1 amide bonds. The highest BCUT2D eigenvalue weighted by atomic mass is 31.2. The lowest BCUT2D eigenvalue weighted by molar-refractivity contribution is -0.870. The van der Waals surface area contributed by atoms with Crippen molar-refractivity contribution < 1.29 is 32.9 Å². The SMILES string of the molecule is CCCCC/C=C/CC/C=C/CC/C=C/C(O)C(COP(=O)([O-])OCC[N+](C)(C)C)NC(C)=O. The van der Waals surface area contributed by atoms with Crippen molar-refractivity contribution in [2.24, 2.45) is 0 Å². The summed E-state index contributed by atoms with van der Waals surface area (Å²) in [4.78, 5) is 23.4. The highest BCUT2D eigenvalue weighted by molar-refractivity contribution is 7.45. The second-order valence-corrected chi connectivity index (χ2v) is 10.8.